The number of benzene rings is 1. The van der Waals surface area contributed by atoms with Gasteiger partial charge >= 0.3 is 0 Å². The molecule has 0 saturated heterocycles. The Morgan fingerprint density at radius 2 is 2.05 bits per heavy atom. The second kappa shape index (κ2) is 6.46. The fourth-order valence-electron chi connectivity index (χ4n) is 1.84. The van der Waals surface area contributed by atoms with E-state index in [9.17, 15) is 20.2 Å². The van der Waals surface area contributed by atoms with E-state index >= 15 is 0 Å². The summed E-state index contributed by atoms with van der Waals surface area (Å²) in [7, 11) is 0. The lowest BCUT2D eigenvalue weighted by atomic mass is 10.2. The van der Waals surface area contributed by atoms with Gasteiger partial charge in [0.05, 0.1) is 22.2 Å². The second-order valence-corrected chi connectivity index (χ2v) is 4.30. The molecule has 0 aliphatic heterocycles. The minimum atomic E-state index is -0.657. The van der Waals surface area contributed by atoms with Gasteiger partial charge in [-0.3, -0.25) is 20.2 Å². The summed E-state index contributed by atoms with van der Waals surface area (Å²) in [5.41, 5.74) is -0.325. The van der Waals surface area contributed by atoms with Crippen molar-refractivity contribution in [3.05, 3.63) is 57.1 Å². The number of aryl methyl sites for hydroxylation is 1. The van der Waals surface area contributed by atoms with Crippen molar-refractivity contribution in [2.45, 2.75) is 13.0 Å². The summed E-state index contributed by atoms with van der Waals surface area (Å²) in [6.45, 7) is 1.24. The van der Waals surface area contributed by atoms with Gasteiger partial charge in [0, 0.05) is 31.5 Å². The molecule has 110 valence electrons. The van der Waals surface area contributed by atoms with Crippen molar-refractivity contribution in [3.63, 3.8) is 0 Å². The lowest BCUT2D eigenvalue weighted by Crippen LogP contribution is -2.07. The molecule has 0 aliphatic carbocycles. The van der Waals surface area contributed by atoms with Crippen LogP contribution in [0.2, 0.25) is 0 Å². The van der Waals surface area contributed by atoms with Crippen molar-refractivity contribution in [2.24, 2.45) is 0 Å². The summed E-state index contributed by atoms with van der Waals surface area (Å²) < 4.78 is 1.89. The van der Waals surface area contributed by atoms with Crippen LogP contribution in [0.15, 0.2) is 36.9 Å². The number of non-ortho nitro benzene ring substituents is 1. The number of imidazole rings is 1. The molecule has 21 heavy (non-hydrogen) atoms. The molecular weight excluding hydrogens is 278 g/mol. The van der Waals surface area contributed by atoms with E-state index in [0.29, 0.717) is 6.54 Å². The fourth-order valence-corrected chi connectivity index (χ4v) is 1.84. The van der Waals surface area contributed by atoms with Gasteiger partial charge in [0.2, 0.25) is 0 Å². The van der Waals surface area contributed by atoms with E-state index < -0.39 is 9.85 Å². The highest BCUT2D eigenvalue weighted by Gasteiger charge is 2.18. The molecule has 1 N–H and O–H groups in total. The van der Waals surface area contributed by atoms with Crippen LogP contribution < -0.4 is 5.32 Å². The van der Waals surface area contributed by atoms with Crippen molar-refractivity contribution in [2.75, 3.05) is 11.9 Å². The summed E-state index contributed by atoms with van der Waals surface area (Å²) in [4.78, 5) is 24.2. The SMILES string of the molecule is O=[N+]([O-])c1ccc(NCCCn2ccnc2)c([N+](=O)[O-])c1. The Labute approximate surface area is 119 Å². The van der Waals surface area contributed by atoms with Gasteiger partial charge in [0.15, 0.2) is 0 Å². The van der Waals surface area contributed by atoms with Gasteiger partial charge in [-0.15, -0.1) is 0 Å². The maximum absolute atomic E-state index is 10.9. The third kappa shape index (κ3) is 3.75. The molecule has 0 amide bonds. The van der Waals surface area contributed by atoms with Crippen LogP contribution in [-0.2, 0) is 6.54 Å². The van der Waals surface area contributed by atoms with E-state index in [4.69, 9.17) is 0 Å². The third-order valence-electron chi connectivity index (χ3n) is 2.86. The first kappa shape index (κ1) is 14.4. The van der Waals surface area contributed by atoms with Crippen LogP contribution in [0.1, 0.15) is 6.42 Å². The average molecular weight is 291 g/mol. The molecular formula is C12H13N5O4. The lowest BCUT2D eigenvalue weighted by Gasteiger charge is -2.07. The summed E-state index contributed by atoms with van der Waals surface area (Å²) >= 11 is 0. The Morgan fingerprint density at radius 1 is 1.24 bits per heavy atom. The zero-order valence-electron chi connectivity index (χ0n) is 11.0. The highest BCUT2D eigenvalue weighted by molar-refractivity contribution is 5.65. The van der Waals surface area contributed by atoms with E-state index in [1.807, 2.05) is 10.8 Å². The largest absolute Gasteiger partial charge is 0.379 e. The Hall–Kier alpha value is -2.97. The molecule has 0 radical (unpaired) electrons. The first-order chi connectivity index (χ1) is 10.1. The first-order valence-electron chi connectivity index (χ1n) is 6.20. The molecule has 1 heterocycles. The van der Waals surface area contributed by atoms with Gasteiger partial charge in [-0.2, -0.15) is 0 Å². The Bertz CT molecular complexity index is 641. The smallest absolute Gasteiger partial charge is 0.299 e. The monoisotopic (exact) mass is 291 g/mol. The normalized spacial score (nSPS) is 10.3. The number of nitrogens with one attached hydrogen (secondary N) is 1. The number of nitro groups is 2. The van der Waals surface area contributed by atoms with Crippen molar-refractivity contribution in [1.82, 2.24) is 9.55 Å². The van der Waals surface area contributed by atoms with Crippen LogP contribution in [0, 0.1) is 20.2 Å². The van der Waals surface area contributed by atoms with Crippen LogP contribution in [0.4, 0.5) is 17.1 Å². The first-order valence-corrected chi connectivity index (χ1v) is 6.20. The van der Waals surface area contributed by atoms with Gasteiger partial charge in [0.25, 0.3) is 11.4 Å². The summed E-state index contributed by atoms with van der Waals surface area (Å²) in [6.07, 6.45) is 5.93. The molecule has 0 aliphatic rings. The van der Waals surface area contributed by atoms with E-state index in [0.717, 1.165) is 19.0 Å². The maximum Gasteiger partial charge on any atom is 0.299 e. The summed E-state index contributed by atoms with van der Waals surface area (Å²) in [6, 6.07) is 3.55. The molecule has 2 aromatic rings. The number of anilines is 1. The predicted octanol–water partition coefficient (Wildman–Crippen LogP) is 2.20. The number of aromatic nitrogens is 2. The molecule has 0 fully saturated rings. The van der Waals surface area contributed by atoms with Crippen molar-refractivity contribution >= 4 is 17.1 Å². The van der Waals surface area contributed by atoms with Crippen molar-refractivity contribution < 1.29 is 9.85 Å². The number of hydrogen-bond acceptors (Lipinski definition) is 6. The number of rotatable bonds is 7. The van der Waals surface area contributed by atoms with Gasteiger partial charge in [-0.25, -0.2) is 4.98 Å². The average Bonchev–Trinajstić information content (AvgIpc) is 2.96. The van der Waals surface area contributed by atoms with Crippen molar-refractivity contribution in [1.29, 1.82) is 0 Å². The molecule has 2 rings (SSSR count). The topological polar surface area (TPSA) is 116 Å². The van der Waals surface area contributed by atoms with Gasteiger partial charge in [-0.1, -0.05) is 0 Å². The van der Waals surface area contributed by atoms with Crippen LogP contribution >= 0.6 is 0 Å². The molecule has 0 spiro atoms. The summed E-state index contributed by atoms with van der Waals surface area (Å²) in [5.74, 6) is 0. The molecule has 0 saturated carbocycles. The maximum atomic E-state index is 10.9. The quantitative estimate of drug-likeness (QED) is 0.475. The molecule has 9 nitrogen and oxygen atoms in total. The van der Waals surface area contributed by atoms with E-state index in [-0.39, 0.29) is 17.1 Å². The van der Waals surface area contributed by atoms with E-state index in [1.165, 1.54) is 12.1 Å². The number of hydrogen-bond donors (Lipinski definition) is 1. The van der Waals surface area contributed by atoms with E-state index in [2.05, 4.69) is 10.3 Å². The molecule has 0 bridgehead atoms. The highest BCUT2D eigenvalue weighted by Crippen LogP contribution is 2.28. The predicted molar refractivity (Wildman–Crippen MR) is 75.1 cm³/mol. The second-order valence-electron chi connectivity index (χ2n) is 4.30. The highest BCUT2D eigenvalue weighted by atomic mass is 16.6. The standard InChI is InChI=1S/C12H13N5O4/c18-16(19)10-2-3-11(12(8-10)17(20)21)14-4-1-6-15-7-5-13-9-15/h2-3,5,7-9,14H,1,4,6H2. The molecule has 0 atom stereocenters. The van der Waals surface area contributed by atoms with Gasteiger partial charge in [-0.05, 0) is 12.5 Å². The minimum Gasteiger partial charge on any atom is -0.379 e. The molecule has 1 aromatic carbocycles. The van der Waals surface area contributed by atoms with Crippen LogP contribution in [0.25, 0.3) is 0 Å². The fraction of sp³-hybridized carbons (Fsp3) is 0.250. The van der Waals surface area contributed by atoms with Crippen LogP contribution in [0.3, 0.4) is 0 Å². The molecule has 0 unspecified atom stereocenters. The Kier molecular flexibility index (Phi) is 4.44. The Balaban J connectivity index is 1.98. The van der Waals surface area contributed by atoms with Gasteiger partial charge < -0.3 is 9.88 Å². The zero-order valence-corrected chi connectivity index (χ0v) is 11.0. The van der Waals surface area contributed by atoms with Gasteiger partial charge in [0.1, 0.15) is 5.69 Å². The minimum absolute atomic E-state index is 0.274. The number of nitro benzene ring substituents is 2. The molecule has 1 aromatic heterocycles. The zero-order chi connectivity index (χ0) is 15.2. The van der Waals surface area contributed by atoms with E-state index in [1.54, 1.807) is 12.5 Å². The van der Waals surface area contributed by atoms with Crippen molar-refractivity contribution in [3.8, 4) is 0 Å². The molecule has 9 heteroatoms. The lowest BCUT2D eigenvalue weighted by molar-refractivity contribution is -0.393. The number of nitrogens with zero attached hydrogens (tertiary/aromatic N) is 4. The third-order valence-corrected chi connectivity index (χ3v) is 2.86. The van der Waals surface area contributed by atoms with Crippen LogP contribution in [0.5, 0.6) is 0 Å². The summed E-state index contributed by atoms with van der Waals surface area (Å²) in [5, 5.41) is 24.5. The Morgan fingerprint density at radius 3 is 2.67 bits per heavy atom. The van der Waals surface area contributed by atoms with Crippen LogP contribution in [-0.4, -0.2) is 25.9 Å².